The standard InChI is InChI=1S/C45H48N4O8/c1-30-23-24-46-40(26-30)49(44(54)57-45(2,3)4)25-11-16-41(51)47-38(29-56-28-31-12-7-6-8-13-31)43(53)48-37(27-42(52)55-5)33-19-17-32(18-20-33)34-21-22-39(50)36-15-10-9-14-35(34)36/h6-10,12-15,17-24,26,29,37,50H,11,16,25,27-28H2,1-5H3,(H,47,51)(H,48,53)/b38-29+/t37-/m0/s1. The Balaban J connectivity index is 1.33. The van der Waals surface area contributed by atoms with Crippen LogP contribution in [0.5, 0.6) is 5.75 Å². The first-order valence-electron chi connectivity index (χ1n) is 18.6. The Hall–Kier alpha value is -6.69. The van der Waals surface area contributed by atoms with Gasteiger partial charge in [-0.05, 0) is 85.5 Å². The van der Waals surface area contributed by atoms with Gasteiger partial charge >= 0.3 is 12.1 Å². The van der Waals surface area contributed by atoms with E-state index in [1.807, 2.05) is 85.8 Å². The van der Waals surface area contributed by atoms with Crippen molar-refractivity contribution in [2.24, 2.45) is 0 Å². The first-order chi connectivity index (χ1) is 27.3. The molecule has 0 radical (unpaired) electrons. The van der Waals surface area contributed by atoms with Gasteiger partial charge in [0.1, 0.15) is 35.7 Å². The van der Waals surface area contributed by atoms with Gasteiger partial charge in [0.15, 0.2) is 0 Å². The molecule has 0 bridgehead atoms. The number of carbonyl (C=O) groups excluding carboxylic acids is 4. The number of rotatable bonds is 15. The fourth-order valence-electron chi connectivity index (χ4n) is 6.00. The van der Waals surface area contributed by atoms with Crippen LogP contribution in [0.25, 0.3) is 21.9 Å². The van der Waals surface area contributed by atoms with Crippen LogP contribution in [0, 0.1) is 6.92 Å². The summed E-state index contributed by atoms with van der Waals surface area (Å²) in [6, 6.07) is 30.4. The number of benzene rings is 4. The van der Waals surface area contributed by atoms with E-state index in [0.29, 0.717) is 11.4 Å². The van der Waals surface area contributed by atoms with Gasteiger partial charge in [-0.25, -0.2) is 9.78 Å². The van der Waals surface area contributed by atoms with E-state index >= 15 is 0 Å². The highest BCUT2D eigenvalue weighted by Gasteiger charge is 2.26. The molecular formula is C45H48N4O8. The average Bonchev–Trinajstić information content (AvgIpc) is 3.19. The Morgan fingerprint density at radius 1 is 0.895 bits per heavy atom. The molecule has 1 atom stereocenters. The zero-order valence-corrected chi connectivity index (χ0v) is 32.8. The molecule has 0 saturated heterocycles. The number of nitrogens with one attached hydrogen (secondary N) is 2. The molecule has 0 saturated carbocycles. The number of ether oxygens (including phenoxy) is 3. The fraction of sp³-hybridized carbons (Fsp3) is 0.267. The van der Waals surface area contributed by atoms with Gasteiger partial charge in [-0.2, -0.15) is 0 Å². The quantitative estimate of drug-likeness (QED) is 0.0545. The maximum Gasteiger partial charge on any atom is 0.416 e. The molecule has 1 aromatic heterocycles. The smallest absolute Gasteiger partial charge is 0.416 e. The molecule has 0 aliphatic carbocycles. The molecule has 5 aromatic rings. The Kier molecular flexibility index (Phi) is 14.0. The van der Waals surface area contributed by atoms with Crippen molar-refractivity contribution in [1.82, 2.24) is 15.6 Å². The number of nitrogens with zero attached hydrogens (tertiary/aromatic N) is 2. The number of fused-ring (bicyclic) bond motifs is 1. The number of methoxy groups -OCH3 is 1. The number of aromatic hydroxyl groups is 1. The number of anilines is 1. The predicted molar refractivity (Wildman–Crippen MR) is 218 cm³/mol. The molecule has 0 fully saturated rings. The SMILES string of the molecule is COC(=O)C[C@H](NC(=O)/C(=C\OCc1ccccc1)NC(=O)CCCN(C(=O)OC(C)(C)C)c1cc(C)ccn1)c1ccc(-c2ccc(O)c3ccccc23)cc1. The summed E-state index contributed by atoms with van der Waals surface area (Å²) < 4.78 is 16.3. The van der Waals surface area contributed by atoms with E-state index in [9.17, 15) is 24.3 Å². The second-order valence-corrected chi connectivity index (χ2v) is 14.4. The van der Waals surface area contributed by atoms with Crippen molar-refractivity contribution in [2.75, 3.05) is 18.6 Å². The molecule has 0 aliphatic heterocycles. The normalized spacial score (nSPS) is 12.0. The average molecular weight is 773 g/mol. The summed E-state index contributed by atoms with van der Waals surface area (Å²) in [5.74, 6) is -1.19. The van der Waals surface area contributed by atoms with Crippen LogP contribution in [0.15, 0.2) is 121 Å². The third-order valence-corrected chi connectivity index (χ3v) is 8.82. The Bertz CT molecular complexity index is 2220. The second kappa shape index (κ2) is 19.3. The van der Waals surface area contributed by atoms with Crippen LogP contribution >= 0.6 is 0 Å². The summed E-state index contributed by atoms with van der Waals surface area (Å²) >= 11 is 0. The first-order valence-corrected chi connectivity index (χ1v) is 18.6. The van der Waals surface area contributed by atoms with Crippen LogP contribution in [0.2, 0.25) is 0 Å². The van der Waals surface area contributed by atoms with E-state index in [-0.39, 0.29) is 43.9 Å². The van der Waals surface area contributed by atoms with Gasteiger partial charge in [0, 0.05) is 24.5 Å². The number of esters is 1. The number of pyridine rings is 1. The van der Waals surface area contributed by atoms with Gasteiger partial charge in [-0.1, -0.05) is 84.9 Å². The molecule has 5 rings (SSSR count). The lowest BCUT2D eigenvalue weighted by Gasteiger charge is -2.27. The maximum absolute atomic E-state index is 13.9. The molecule has 0 unspecified atom stereocenters. The molecule has 3 amide bonds. The predicted octanol–water partition coefficient (Wildman–Crippen LogP) is 8.03. The highest BCUT2D eigenvalue weighted by Crippen LogP contribution is 2.34. The van der Waals surface area contributed by atoms with Crippen molar-refractivity contribution < 1.29 is 38.5 Å². The molecule has 1 heterocycles. The number of amides is 3. The summed E-state index contributed by atoms with van der Waals surface area (Å²) in [6.07, 6.45) is 2.14. The number of aromatic nitrogens is 1. The van der Waals surface area contributed by atoms with Crippen LogP contribution in [0.3, 0.4) is 0 Å². The van der Waals surface area contributed by atoms with Gasteiger partial charge in [0.25, 0.3) is 5.91 Å². The maximum atomic E-state index is 13.9. The lowest BCUT2D eigenvalue weighted by molar-refractivity contribution is -0.141. The van der Waals surface area contributed by atoms with Gasteiger partial charge in [0.2, 0.25) is 5.91 Å². The molecule has 4 aromatic carbocycles. The molecule has 0 aliphatic rings. The van der Waals surface area contributed by atoms with Crippen LogP contribution in [-0.2, 0) is 35.2 Å². The minimum Gasteiger partial charge on any atom is -0.507 e. The third kappa shape index (κ3) is 11.9. The topological polar surface area (TPSA) is 156 Å². The van der Waals surface area contributed by atoms with Gasteiger partial charge in [-0.15, -0.1) is 0 Å². The zero-order valence-electron chi connectivity index (χ0n) is 32.8. The molecule has 12 heteroatoms. The summed E-state index contributed by atoms with van der Waals surface area (Å²) in [7, 11) is 1.27. The highest BCUT2D eigenvalue weighted by atomic mass is 16.6. The molecule has 0 spiro atoms. The van der Waals surface area contributed by atoms with Gasteiger partial charge in [0.05, 0.1) is 19.6 Å². The summed E-state index contributed by atoms with van der Waals surface area (Å²) in [6.45, 7) is 7.43. The van der Waals surface area contributed by atoms with Crippen molar-refractivity contribution >= 4 is 40.5 Å². The Labute approximate surface area is 332 Å². The Morgan fingerprint density at radius 3 is 2.28 bits per heavy atom. The number of phenolic OH excluding ortho intramolecular Hbond substituents is 1. The number of carbonyl (C=O) groups is 4. The van der Waals surface area contributed by atoms with E-state index in [2.05, 4.69) is 15.6 Å². The number of hydrogen-bond donors (Lipinski definition) is 3. The Morgan fingerprint density at radius 2 is 1.60 bits per heavy atom. The number of aryl methyl sites for hydroxylation is 1. The number of phenols is 1. The van der Waals surface area contributed by atoms with Crippen LogP contribution in [-0.4, -0.2) is 53.2 Å². The number of hydrogen-bond acceptors (Lipinski definition) is 9. The summed E-state index contributed by atoms with van der Waals surface area (Å²) in [5.41, 5.74) is 3.19. The minimum atomic E-state index is -0.839. The molecule has 296 valence electrons. The van der Waals surface area contributed by atoms with Crippen LogP contribution < -0.4 is 15.5 Å². The van der Waals surface area contributed by atoms with Gasteiger partial charge < -0.3 is 30.0 Å². The molecule has 12 nitrogen and oxygen atoms in total. The summed E-state index contributed by atoms with van der Waals surface area (Å²) in [5, 5.41) is 17.5. The summed E-state index contributed by atoms with van der Waals surface area (Å²) in [4.78, 5) is 58.8. The van der Waals surface area contributed by atoms with Crippen LogP contribution in [0.4, 0.5) is 10.6 Å². The van der Waals surface area contributed by atoms with Crippen molar-refractivity contribution in [3.63, 3.8) is 0 Å². The second-order valence-electron chi connectivity index (χ2n) is 14.4. The van der Waals surface area contributed by atoms with Crippen molar-refractivity contribution in [3.05, 3.63) is 138 Å². The lowest BCUT2D eigenvalue weighted by Crippen LogP contribution is -2.39. The molecule has 57 heavy (non-hydrogen) atoms. The fourth-order valence-corrected chi connectivity index (χ4v) is 6.00. The highest BCUT2D eigenvalue weighted by molar-refractivity contribution is 6.00. The van der Waals surface area contributed by atoms with Gasteiger partial charge in [-0.3, -0.25) is 19.3 Å². The van der Waals surface area contributed by atoms with E-state index < -0.39 is 35.5 Å². The van der Waals surface area contributed by atoms with Crippen molar-refractivity contribution in [3.8, 4) is 16.9 Å². The molecule has 3 N–H and O–H groups in total. The lowest BCUT2D eigenvalue weighted by atomic mass is 9.95. The first kappa shape index (κ1) is 41.5. The van der Waals surface area contributed by atoms with E-state index in [1.165, 1.54) is 18.3 Å². The monoisotopic (exact) mass is 772 g/mol. The largest absolute Gasteiger partial charge is 0.507 e. The van der Waals surface area contributed by atoms with E-state index in [1.54, 1.807) is 51.2 Å². The molecular weight excluding hydrogens is 725 g/mol. The van der Waals surface area contributed by atoms with E-state index in [0.717, 1.165) is 33.0 Å². The van der Waals surface area contributed by atoms with Crippen molar-refractivity contribution in [1.29, 1.82) is 0 Å². The third-order valence-electron chi connectivity index (χ3n) is 8.82. The van der Waals surface area contributed by atoms with Crippen LogP contribution in [0.1, 0.15) is 62.8 Å². The zero-order chi connectivity index (χ0) is 41.0. The minimum absolute atomic E-state index is 0.0621. The van der Waals surface area contributed by atoms with E-state index in [4.69, 9.17) is 14.2 Å². The van der Waals surface area contributed by atoms with Crippen molar-refractivity contribution in [2.45, 2.75) is 65.2 Å².